The van der Waals surface area contributed by atoms with Crippen LogP contribution in [0.3, 0.4) is 0 Å². The van der Waals surface area contributed by atoms with Crippen molar-refractivity contribution < 1.29 is 59.4 Å². The molecule has 0 saturated heterocycles. The maximum absolute atomic E-state index is 12.3. The molecule has 0 saturated carbocycles. The summed E-state index contributed by atoms with van der Waals surface area (Å²) in [6, 6.07) is 12.3. The van der Waals surface area contributed by atoms with E-state index in [9.17, 15) is 59.4 Å². The van der Waals surface area contributed by atoms with Gasteiger partial charge in [-0.2, -0.15) is 0 Å². The number of hydrogen-bond acceptors (Lipinski definition) is 6. The largest absolute Gasteiger partial charge is 0.481 e. The lowest BCUT2D eigenvalue weighted by molar-refractivity contribution is -0.150. The first-order valence-electron chi connectivity index (χ1n) is 19.1. The van der Waals surface area contributed by atoms with E-state index in [0.717, 1.165) is 47.9 Å². The van der Waals surface area contributed by atoms with Crippen molar-refractivity contribution >= 4 is 35.8 Å². The first-order chi connectivity index (χ1) is 25.4. The van der Waals surface area contributed by atoms with Crippen LogP contribution in [0.5, 0.6) is 0 Å². The Labute approximate surface area is 316 Å². The number of carbonyl (C=O) groups is 6. The molecule has 2 aromatic carbocycles. The van der Waals surface area contributed by atoms with Gasteiger partial charge >= 0.3 is 35.8 Å². The van der Waals surface area contributed by atoms with Gasteiger partial charge in [0.25, 0.3) is 0 Å². The number of rotatable bonds is 22. The predicted molar refractivity (Wildman–Crippen MR) is 200 cm³/mol. The van der Waals surface area contributed by atoms with Crippen molar-refractivity contribution in [2.75, 3.05) is 0 Å². The molecule has 3 rings (SSSR count). The minimum atomic E-state index is -1.19. The Hall–Kier alpha value is -4.74. The molecule has 8 unspecified atom stereocenters. The fourth-order valence-electron chi connectivity index (χ4n) is 7.97. The molecule has 0 amide bonds. The van der Waals surface area contributed by atoms with Gasteiger partial charge in [-0.25, -0.2) is 0 Å². The summed E-state index contributed by atoms with van der Waals surface area (Å²) < 4.78 is 0. The van der Waals surface area contributed by atoms with E-state index in [1.54, 1.807) is 13.8 Å². The molecule has 0 bridgehead atoms. The lowest BCUT2D eigenvalue weighted by atomic mass is 9.79. The highest BCUT2D eigenvalue weighted by atomic mass is 16.4. The molecule has 296 valence electrons. The zero-order chi connectivity index (χ0) is 40.3. The second-order valence-corrected chi connectivity index (χ2v) is 15.3. The van der Waals surface area contributed by atoms with Crippen molar-refractivity contribution in [2.24, 2.45) is 35.5 Å². The van der Waals surface area contributed by atoms with Crippen LogP contribution in [0.25, 0.3) is 0 Å². The zero-order valence-corrected chi connectivity index (χ0v) is 31.7. The quantitative estimate of drug-likeness (QED) is 0.0706. The lowest BCUT2D eigenvalue weighted by Crippen LogP contribution is -2.27. The fraction of sp³-hybridized carbons (Fsp3) is 0.571. The third-order valence-corrected chi connectivity index (χ3v) is 11.6. The summed E-state index contributed by atoms with van der Waals surface area (Å²) in [5, 5.41) is 58.4. The summed E-state index contributed by atoms with van der Waals surface area (Å²) in [7, 11) is 0. The second-order valence-electron chi connectivity index (χ2n) is 15.3. The average molecular weight is 753 g/mol. The molecule has 54 heavy (non-hydrogen) atoms. The number of hydrogen-bond donors (Lipinski definition) is 6. The average Bonchev–Trinajstić information content (AvgIpc) is 3.10. The van der Waals surface area contributed by atoms with E-state index < -0.39 is 71.3 Å². The molecule has 12 nitrogen and oxygen atoms in total. The summed E-state index contributed by atoms with van der Waals surface area (Å²) in [4.78, 5) is 71.6. The Bertz CT molecular complexity index is 1540. The molecule has 0 aromatic heterocycles. The fourth-order valence-corrected chi connectivity index (χ4v) is 7.97. The summed E-state index contributed by atoms with van der Waals surface area (Å²) in [5.74, 6) is -12.9. The molecule has 0 radical (unpaired) electrons. The monoisotopic (exact) mass is 752 g/mol. The second kappa shape index (κ2) is 20.1. The van der Waals surface area contributed by atoms with Gasteiger partial charge in [0.05, 0.1) is 35.5 Å². The van der Waals surface area contributed by atoms with Gasteiger partial charge in [-0.1, -0.05) is 64.1 Å². The number of carboxylic acid groups (broad SMARTS) is 6. The molecule has 0 aliphatic heterocycles. The van der Waals surface area contributed by atoms with E-state index in [-0.39, 0.29) is 63.2 Å². The number of fused-ring (bicyclic) bond motifs is 2. The molecule has 0 fully saturated rings. The van der Waals surface area contributed by atoms with Gasteiger partial charge in [-0.3, -0.25) is 28.8 Å². The molecule has 1 aliphatic rings. The van der Waals surface area contributed by atoms with Crippen molar-refractivity contribution in [3.63, 3.8) is 0 Å². The predicted octanol–water partition coefficient (Wildman–Crippen LogP) is 7.14. The van der Waals surface area contributed by atoms with Crippen molar-refractivity contribution in [3.05, 3.63) is 69.8 Å². The minimum absolute atomic E-state index is 0.119. The Balaban J connectivity index is 1.71. The number of benzene rings is 2. The Morgan fingerprint density at radius 2 is 0.685 bits per heavy atom. The number of aryl methyl sites for hydroxylation is 4. The van der Waals surface area contributed by atoms with Crippen molar-refractivity contribution in [3.8, 4) is 0 Å². The van der Waals surface area contributed by atoms with Gasteiger partial charge in [0, 0.05) is 0 Å². The zero-order valence-electron chi connectivity index (χ0n) is 31.7. The van der Waals surface area contributed by atoms with E-state index in [0.29, 0.717) is 0 Å². The number of aliphatic carboxylic acids is 6. The van der Waals surface area contributed by atoms with Crippen LogP contribution in [0.4, 0.5) is 0 Å². The van der Waals surface area contributed by atoms with Gasteiger partial charge in [0.1, 0.15) is 0 Å². The van der Waals surface area contributed by atoms with E-state index in [4.69, 9.17) is 0 Å². The lowest BCUT2D eigenvalue weighted by Gasteiger charge is -2.25. The minimum Gasteiger partial charge on any atom is -0.481 e. The highest BCUT2D eigenvalue weighted by Crippen LogP contribution is 2.35. The van der Waals surface area contributed by atoms with Crippen LogP contribution in [0.2, 0.25) is 0 Å². The number of carboxylic acids is 6. The van der Waals surface area contributed by atoms with Crippen molar-refractivity contribution in [1.29, 1.82) is 0 Å². The van der Waals surface area contributed by atoms with Crippen LogP contribution in [-0.2, 0) is 54.5 Å². The van der Waals surface area contributed by atoms with Crippen LogP contribution in [0.15, 0.2) is 36.4 Å². The van der Waals surface area contributed by atoms with E-state index in [2.05, 4.69) is 24.3 Å². The maximum atomic E-state index is 12.3. The molecule has 12 heteroatoms. The highest BCUT2D eigenvalue weighted by molar-refractivity contribution is 5.76. The molecule has 0 spiro atoms. The van der Waals surface area contributed by atoms with Crippen molar-refractivity contribution in [1.82, 2.24) is 0 Å². The standard InChI is InChI=1S/C42H56O12/c1-5-25(37(43)44)17-35(41(51)52)21-33(39(47)48)15-23(3)29-11-7-27-10-14-32-20-30(12-8-28(32)9-13-31(27)19-29)24(4)16-34(40(49)50)22-36(42(53)54)18-26(6-2)38(45)46/h7-8,11-12,19-20,23-26,33-36H,5-6,9-10,13-18,21-22H2,1-4H3,(H,43,44)(H,45,46)(H,47,48)(H,49,50)(H,51,52)(H,53,54). The first-order valence-corrected chi connectivity index (χ1v) is 19.1. The summed E-state index contributed by atoms with van der Waals surface area (Å²) >= 11 is 0. The van der Waals surface area contributed by atoms with Gasteiger partial charge in [-0.05, 0) is 122 Å². The van der Waals surface area contributed by atoms with Crippen LogP contribution in [-0.4, -0.2) is 66.5 Å². The van der Waals surface area contributed by atoms with Crippen LogP contribution >= 0.6 is 0 Å². The van der Waals surface area contributed by atoms with Crippen LogP contribution in [0, 0.1) is 35.5 Å². The van der Waals surface area contributed by atoms with Gasteiger partial charge in [0.2, 0.25) is 0 Å². The SMILES string of the molecule is CCC(CC(CC(CC(C)c1ccc2c(c1)CCc1ccc(C(C)CC(CC(CC(CC)C(=O)O)C(=O)O)C(=O)O)cc1CC2)C(=O)O)C(=O)O)C(=O)O. The molecule has 2 aromatic rings. The summed E-state index contributed by atoms with van der Waals surface area (Å²) in [6.45, 7) is 7.19. The Morgan fingerprint density at radius 3 is 0.963 bits per heavy atom. The van der Waals surface area contributed by atoms with E-state index in [1.165, 1.54) is 11.1 Å². The van der Waals surface area contributed by atoms with E-state index in [1.807, 2.05) is 26.0 Å². The third-order valence-electron chi connectivity index (χ3n) is 11.6. The van der Waals surface area contributed by atoms with Crippen LogP contribution < -0.4 is 0 Å². The molecule has 0 heterocycles. The molecule has 6 N–H and O–H groups in total. The Morgan fingerprint density at radius 1 is 0.426 bits per heavy atom. The topological polar surface area (TPSA) is 224 Å². The normalized spacial score (nSPS) is 17.1. The smallest absolute Gasteiger partial charge is 0.306 e. The summed E-state index contributed by atoms with van der Waals surface area (Å²) in [5.41, 5.74) is 6.59. The van der Waals surface area contributed by atoms with Crippen LogP contribution in [0.1, 0.15) is 124 Å². The summed E-state index contributed by atoms with van der Waals surface area (Å²) in [6.07, 6.45) is 3.44. The third kappa shape index (κ3) is 12.1. The molecular weight excluding hydrogens is 696 g/mol. The maximum Gasteiger partial charge on any atom is 0.306 e. The first kappa shape index (κ1) is 43.7. The van der Waals surface area contributed by atoms with Gasteiger partial charge in [-0.15, -0.1) is 0 Å². The Kier molecular flexibility index (Phi) is 16.2. The van der Waals surface area contributed by atoms with Gasteiger partial charge < -0.3 is 30.6 Å². The highest BCUT2D eigenvalue weighted by Gasteiger charge is 2.34. The van der Waals surface area contributed by atoms with Crippen molar-refractivity contribution in [2.45, 2.75) is 117 Å². The van der Waals surface area contributed by atoms with E-state index >= 15 is 0 Å². The molecular formula is C42H56O12. The molecule has 1 aliphatic carbocycles. The molecule has 8 atom stereocenters. The van der Waals surface area contributed by atoms with Gasteiger partial charge in [0.15, 0.2) is 0 Å².